The van der Waals surface area contributed by atoms with Crippen LogP contribution >= 0.6 is 0 Å². The zero-order chi connectivity index (χ0) is 6.10. The summed E-state index contributed by atoms with van der Waals surface area (Å²) >= 11 is 0. The van der Waals surface area contributed by atoms with Gasteiger partial charge in [0.15, 0.2) is 0 Å². The van der Waals surface area contributed by atoms with E-state index < -0.39 is 0 Å². The highest BCUT2D eigenvalue weighted by Crippen LogP contribution is 1.86. The maximum atomic E-state index is 3.97. The monoisotopic (exact) mass is 119 g/mol. The van der Waals surface area contributed by atoms with Crippen LogP contribution in [0.3, 0.4) is 0 Å². The smallest absolute Gasteiger partial charge is 0.142 e. The van der Waals surface area contributed by atoms with Gasteiger partial charge in [0, 0.05) is 15.8 Å². The fraction of sp³-hybridized carbons (Fsp3) is 0. The summed E-state index contributed by atoms with van der Waals surface area (Å²) in [5.41, 5.74) is 0.956. The van der Waals surface area contributed by atoms with E-state index in [-0.39, 0.29) is 0 Å². The molecule has 0 aliphatic heterocycles. The number of aromatic amines is 1. The number of hydrogen-bond acceptors (Lipinski definition) is 1. The molecule has 0 aliphatic rings. The molecule has 0 aromatic carbocycles. The Morgan fingerprint density at radius 3 is 3.56 bits per heavy atom. The lowest BCUT2D eigenvalue weighted by Gasteiger charge is -1.72. The van der Waals surface area contributed by atoms with Crippen LogP contribution in [-0.2, 0) is 0 Å². The SMILES string of the molecule is [c]1c[nH][n+]2ncccc12. The molecule has 0 spiro atoms. The third-order valence-electron chi connectivity index (χ3n) is 1.16. The summed E-state index contributed by atoms with van der Waals surface area (Å²) in [6.07, 6.45) is 3.44. The molecular weight excluding hydrogens is 114 g/mol. The predicted molar refractivity (Wildman–Crippen MR) is 30.6 cm³/mol. The molecule has 0 aliphatic carbocycles. The highest BCUT2D eigenvalue weighted by atomic mass is 15.4. The van der Waals surface area contributed by atoms with Gasteiger partial charge in [0.1, 0.15) is 0 Å². The van der Waals surface area contributed by atoms with Gasteiger partial charge < -0.3 is 0 Å². The molecule has 0 bridgehead atoms. The first-order chi connectivity index (χ1) is 4.47. The molecule has 2 heterocycles. The van der Waals surface area contributed by atoms with Gasteiger partial charge in [-0.1, -0.05) is 0 Å². The summed E-state index contributed by atoms with van der Waals surface area (Å²) in [4.78, 5) is 0. The number of rotatable bonds is 0. The zero-order valence-electron chi connectivity index (χ0n) is 4.70. The van der Waals surface area contributed by atoms with Crippen LogP contribution in [0.2, 0.25) is 0 Å². The molecule has 0 amide bonds. The fourth-order valence-electron chi connectivity index (χ4n) is 0.752. The van der Waals surface area contributed by atoms with Gasteiger partial charge in [-0.05, 0) is 6.07 Å². The molecule has 2 aromatic rings. The molecule has 3 heteroatoms. The van der Waals surface area contributed by atoms with Crippen molar-refractivity contribution in [1.29, 1.82) is 0 Å². The first-order valence-corrected chi connectivity index (χ1v) is 2.69. The molecule has 3 nitrogen and oxygen atoms in total. The Labute approximate surface area is 51.9 Å². The molecule has 0 unspecified atom stereocenters. The van der Waals surface area contributed by atoms with Gasteiger partial charge in [0.25, 0.3) is 5.52 Å². The van der Waals surface area contributed by atoms with Crippen molar-refractivity contribution in [2.45, 2.75) is 0 Å². The summed E-state index contributed by atoms with van der Waals surface area (Å²) < 4.78 is 1.65. The molecule has 0 saturated heterocycles. The van der Waals surface area contributed by atoms with Crippen molar-refractivity contribution in [3.63, 3.8) is 0 Å². The van der Waals surface area contributed by atoms with Crippen LogP contribution in [0.15, 0.2) is 24.5 Å². The highest BCUT2D eigenvalue weighted by Gasteiger charge is 1.99. The van der Waals surface area contributed by atoms with Crippen LogP contribution in [0.1, 0.15) is 0 Å². The van der Waals surface area contributed by atoms with Gasteiger partial charge in [0.05, 0.1) is 18.5 Å². The van der Waals surface area contributed by atoms with Crippen molar-refractivity contribution in [3.8, 4) is 0 Å². The van der Waals surface area contributed by atoms with Gasteiger partial charge in [-0.3, -0.25) is 0 Å². The minimum absolute atomic E-state index is 0.956. The lowest BCUT2D eigenvalue weighted by atomic mass is 10.5. The van der Waals surface area contributed by atoms with Gasteiger partial charge in [0.2, 0.25) is 0 Å². The van der Waals surface area contributed by atoms with Gasteiger partial charge >= 0.3 is 0 Å². The minimum atomic E-state index is 0.956. The van der Waals surface area contributed by atoms with Crippen molar-refractivity contribution >= 4 is 5.52 Å². The lowest BCUT2D eigenvalue weighted by molar-refractivity contribution is -0.640. The van der Waals surface area contributed by atoms with Crippen molar-refractivity contribution in [3.05, 3.63) is 30.6 Å². The Balaban J connectivity index is 2.95. The van der Waals surface area contributed by atoms with Crippen molar-refractivity contribution in [1.82, 2.24) is 10.2 Å². The summed E-state index contributed by atoms with van der Waals surface area (Å²) in [6.45, 7) is 0. The summed E-state index contributed by atoms with van der Waals surface area (Å²) in [5.74, 6) is 0. The Hall–Kier alpha value is -1.38. The van der Waals surface area contributed by atoms with E-state index in [0.29, 0.717) is 0 Å². The topological polar surface area (TPSA) is 32.8 Å². The number of nitrogens with one attached hydrogen (secondary N) is 1. The number of H-pyrrole nitrogens is 1. The van der Waals surface area contributed by atoms with Crippen molar-refractivity contribution in [2.75, 3.05) is 0 Å². The first kappa shape index (κ1) is 4.49. The Kier molecular flexibility index (Phi) is 0.773. The number of hydrogen-bond donors (Lipinski definition) is 1. The van der Waals surface area contributed by atoms with Gasteiger partial charge in [-0.15, -0.1) is 5.10 Å². The maximum absolute atomic E-state index is 3.97. The average molecular weight is 119 g/mol. The van der Waals surface area contributed by atoms with E-state index >= 15 is 0 Å². The first-order valence-electron chi connectivity index (χ1n) is 2.69. The van der Waals surface area contributed by atoms with Crippen LogP contribution in [0, 0.1) is 6.07 Å². The second-order valence-corrected chi connectivity index (χ2v) is 1.74. The quantitative estimate of drug-likeness (QED) is 0.484. The van der Waals surface area contributed by atoms with Crippen molar-refractivity contribution in [2.24, 2.45) is 0 Å². The van der Waals surface area contributed by atoms with Crippen LogP contribution in [0.5, 0.6) is 0 Å². The summed E-state index contributed by atoms with van der Waals surface area (Å²) in [6, 6.07) is 6.77. The Bertz CT molecular complexity index is 282. The van der Waals surface area contributed by atoms with Gasteiger partial charge in [-0.2, -0.15) is 0 Å². The molecule has 2 rings (SSSR count). The highest BCUT2D eigenvalue weighted by molar-refractivity contribution is 5.33. The second-order valence-electron chi connectivity index (χ2n) is 1.74. The van der Waals surface area contributed by atoms with E-state index in [1.165, 1.54) is 0 Å². The second kappa shape index (κ2) is 1.55. The third-order valence-corrected chi connectivity index (χ3v) is 1.16. The molecule has 2 aromatic heterocycles. The van der Waals surface area contributed by atoms with E-state index in [1.807, 2.05) is 12.1 Å². The molecule has 9 heavy (non-hydrogen) atoms. The molecule has 43 valence electrons. The van der Waals surface area contributed by atoms with Crippen LogP contribution in [0.25, 0.3) is 5.52 Å². The molecule has 0 fully saturated rings. The Morgan fingerprint density at radius 2 is 2.67 bits per heavy atom. The maximum Gasteiger partial charge on any atom is 0.275 e. The molecule has 1 radical (unpaired) electrons. The van der Waals surface area contributed by atoms with E-state index in [1.54, 1.807) is 17.0 Å². The van der Waals surface area contributed by atoms with E-state index in [0.717, 1.165) is 5.52 Å². The van der Waals surface area contributed by atoms with Gasteiger partial charge in [-0.25, -0.2) is 0 Å². The van der Waals surface area contributed by atoms with Crippen LogP contribution in [0.4, 0.5) is 0 Å². The largest absolute Gasteiger partial charge is 0.275 e. The van der Waals surface area contributed by atoms with Crippen molar-refractivity contribution < 1.29 is 4.63 Å². The molecular formula is C6H5N3+. The molecule has 0 atom stereocenters. The minimum Gasteiger partial charge on any atom is -0.142 e. The van der Waals surface area contributed by atoms with E-state index in [4.69, 9.17) is 0 Å². The van der Waals surface area contributed by atoms with Crippen LogP contribution in [-0.4, -0.2) is 10.2 Å². The predicted octanol–water partition coefficient (Wildman–Crippen LogP) is -0.0514. The number of nitrogens with zero attached hydrogens (tertiary/aromatic N) is 2. The summed E-state index contributed by atoms with van der Waals surface area (Å²) in [7, 11) is 0. The number of fused-ring (bicyclic) bond motifs is 1. The molecule has 0 saturated carbocycles. The lowest BCUT2D eigenvalue weighted by Crippen LogP contribution is -2.26. The Morgan fingerprint density at radius 1 is 1.67 bits per heavy atom. The standard InChI is InChI=1S/C6H4N3/c1-2-6-3-5-8-9(6)7-4-1/h1-2,4-5H/p+1. The summed E-state index contributed by atoms with van der Waals surface area (Å²) in [5, 5.41) is 6.84. The zero-order valence-corrected chi connectivity index (χ0v) is 4.70. The number of aromatic nitrogens is 3. The normalized spacial score (nSPS) is 10.2. The fourth-order valence-corrected chi connectivity index (χ4v) is 0.752. The van der Waals surface area contributed by atoms with E-state index in [9.17, 15) is 0 Å². The third kappa shape index (κ3) is 0.579. The van der Waals surface area contributed by atoms with Crippen LogP contribution < -0.4 is 4.63 Å². The molecule has 1 N–H and O–H groups in total. The average Bonchev–Trinajstić information content (AvgIpc) is 2.33. The van der Waals surface area contributed by atoms with E-state index in [2.05, 4.69) is 16.3 Å².